The first-order chi connectivity index (χ1) is 11.6. The lowest BCUT2D eigenvalue weighted by Gasteiger charge is -2.43. The molecule has 25 heavy (non-hydrogen) atoms. The standard InChI is InChI=1S/C20H29NO3Si/c1-14-20(21-18(23-14)15-10-8-7-9-11-15)13-12-16(22)17(20)24-25(5,6)19(2,3)4/h7-14,16-17,22H,1-6H3/t14-,16+,17?,20+/m0/s1. The molecule has 3 rings (SSSR count). The van der Waals surface area contributed by atoms with E-state index in [0.717, 1.165) is 5.56 Å². The van der Waals surface area contributed by atoms with Gasteiger partial charge in [0, 0.05) is 5.56 Å². The molecule has 0 saturated carbocycles. The van der Waals surface area contributed by atoms with Gasteiger partial charge in [-0.15, -0.1) is 0 Å². The van der Waals surface area contributed by atoms with E-state index in [1.165, 1.54) is 0 Å². The Morgan fingerprint density at radius 1 is 1.20 bits per heavy atom. The van der Waals surface area contributed by atoms with Gasteiger partial charge in [-0.05, 0) is 37.2 Å². The molecule has 0 bridgehead atoms. The van der Waals surface area contributed by atoms with Crippen LogP contribution in [0.25, 0.3) is 0 Å². The maximum atomic E-state index is 10.6. The van der Waals surface area contributed by atoms with E-state index in [1.807, 2.05) is 43.3 Å². The van der Waals surface area contributed by atoms with Gasteiger partial charge in [-0.2, -0.15) is 0 Å². The zero-order chi connectivity index (χ0) is 18.5. The molecule has 1 aromatic carbocycles. The summed E-state index contributed by atoms with van der Waals surface area (Å²) in [4.78, 5) is 4.91. The van der Waals surface area contributed by atoms with E-state index in [4.69, 9.17) is 14.2 Å². The molecule has 0 amide bonds. The maximum Gasteiger partial charge on any atom is 0.217 e. The Balaban J connectivity index is 1.96. The van der Waals surface area contributed by atoms with E-state index in [1.54, 1.807) is 6.08 Å². The number of benzene rings is 1. The highest BCUT2D eigenvalue weighted by atomic mass is 28.4. The van der Waals surface area contributed by atoms with Crippen LogP contribution in [0.5, 0.6) is 0 Å². The smallest absolute Gasteiger partial charge is 0.217 e. The SMILES string of the molecule is C[C@@H]1OC(c2ccccc2)=N[C@]12C=C[C@@H](O)C2O[Si](C)(C)C(C)(C)C. The molecule has 0 fully saturated rings. The molecule has 1 spiro atoms. The largest absolute Gasteiger partial charge is 0.471 e. The third kappa shape index (κ3) is 3.09. The Kier molecular flexibility index (Phi) is 4.46. The molecular formula is C20H29NO3Si. The molecule has 1 aliphatic carbocycles. The van der Waals surface area contributed by atoms with Crippen LogP contribution < -0.4 is 0 Å². The Hall–Kier alpha value is -1.43. The van der Waals surface area contributed by atoms with Crippen molar-refractivity contribution < 1.29 is 14.3 Å². The van der Waals surface area contributed by atoms with Gasteiger partial charge in [-0.3, -0.25) is 0 Å². The molecule has 0 aromatic heterocycles. The molecule has 0 radical (unpaired) electrons. The van der Waals surface area contributed by atoms with Gasteiger partial charge in [0.1, 0.15) is 17.7 Å². The topological polar surface area (TPSA) is 51.0 Å². The lowest BCUT2D eigenvalue weighted by atomic mass is 9.91. The molecular weight excluding hydrogens is 330 g/mol. The molecule has 1 heterocycles. The minimum absolute atomic E-state index is 0.0607. The third-order valence-corrected chi connectivity index (χ3v) is 10.3. The second-order valence-electron chi connectivity index (χ2n) is 8.58. The molecule has 136 valence electrons. The van der Waals surface area contributed by atoms with E-state index < -0.39 is 26.1 Å². The van der Waals surface area contributed by atoms with Gasteiger partial charge in [0.25, 0.3) is 0 Å². The molecule has 1 aromatic rings. The molecule has 5 heteroatoms. The van der Waals surface area contributed by atoms with Crippen molar-refractivity contribution in [3.63, 3.8) is 0 Å². The predicted molar refractivity (Wildman–Crippen MR) is 103 cm³/mol. The Morgan fingerprint density at radius 2 is 1.84 bits per heavy atom. The summed E-state index contributed by atoms with van der Waals surface area (Å²) in [5.41, 5.74) is 0.284. The molecule has 1 unspecified atom stereocenters. The highest BCUT2D eigenvalue weighted by Gasteiger charge is 2.56. The monoisotopic (exact) mass is 359 g/mol. The zero-order valence-corrected chi connectivity index (χ0v) is 17.0. The summed E-state index contributed by atoms with van der Waals surface area (Å²) in [6.45, 7) is 13.0. The average molecular weight is 360 g/mol. The van der Waals surface area contributed by atoms with Crippen molar-refractivity contribution in [1.82, 2.24) is 0 Å². The van der Waals surface area contributed by atoms with Crippen LogP contribution in [0.1, 0.15) is 33.3 Å². The summed E-state index contributed by atoms with van der Waals surface area (Å²) in [7, 11) is -2.06. The van der Waals surface area contributed by atoms with Crippen molar-refractivity contribution in [3.05, 3.63) is 48.0 Å². The maximum absolute atomic E-state index is 10.6. The first kappa shape index (κ1) is 18.4. The van der Waals surface area contributed by atoms with Gasteiger partial charge < -0.3 is 14.3 Å². The summed E-state index contributed by atoms with van der Waals surface area (Å²) < 4.78 is 12.7. The molecule has 4 nitrogen and oxygen atoms in total. The number of aliphatic imine (C=N–C) groups is 1. The summed E-state index contributed by atoms with van der Waals surface area (Å²) in [6, 6.07) is 9.90. The Bertz CT molecular complexity index is 693. The second-order valence-corrected chi connectivity index (χ2v) is 13.3. The van der Waals surface area contributed by atoms with Gasteiger partial charge >= 0.3 is 0 Å². The van der Waals surface area contributed by atoms with Crippen molar-refractivity contribution >= 4 is 14.2 Å². The van der Waals surface area contributed by atoms with Crippen molar-refractivity contribution in [2.24, 2.45) is 4.99 Å². The van der Waals surface area contributed by atoms with Crippen LogP contribution in [0.3, 0.4) is 0 Å². The van der Waals surface area contributed by atoms with Crippen molar-refractivity contribution in [3.8, 4) is 0 Å². The fourth-order valence-electron chi connectivity index (χ4n) is 3.12. The first-order valence-corrected chi connectivity index (χ1v) is 11.8. The third-order valence-electron chi connectivity index (χ3n) is 5.81. The van der Waals surface area contributed by atoms with E-state index in [0.29, 0.717) is 5.90 Å². The number of aliphatic hydroxyl groups is 1. The zero-order valence-electron chi connectivity index (χ0n) is 16.0. The highest BCUT2D eigenvalue weighted by molar-refractivity contribution is 6.74. The molecule has 4 atom stereocenters. The Labute approximate surface area is 151 Å². The van der Waals surface area contributed by atoms with Crippen LogP contribution in [0, 0.1) is 0 Å². The van der Waals surface area contributed by atoms with E-state index in [2.05, 4.69) is 33.9 Å². The minimum Gasteiger partial charge on any atom is -0.471 e. The van der Waals surface area contributed by atoms with Crippen LogP contribution in [-0.2, 0) is 9.16 Å². The Morgan fingerprint density at radius 3 is 2.44 bits per heavy atom. The van der Waals surface area contributed by atoms with Crippen molar-refractivity contribution in [2.45, 2.75) is 69.7 Å². The van der Waals surface area contributed by atoms with Crippen LogP contribution in [0.2, 0.25) is 18.1 Å². The van der Waals surface area contributed by atoms with Gasteiger partial charge in [-0.1, -0.05) is 51.1 Å². The first-order valence-electron chi connectivity index (χ1n) is 8.94. The number of hydrogen-bond donors (Lipinski definition) is 1. The fraction of sp³-hybridized carbons (Fsp3) is 0.550. The van der Waals surface area contributed by atoms with Crippen LogP contribution >= 0.6 is 0 Å². The second kappa shape index (κ2) is 6.08. The number of nitrogens with zero attached hydrogens (tertiary/aromatic N) is 1. The number of aliphatic hydroxyl groups excluding tert-OH is 1. The van der Waals surface area contributed by atoms with Crippen molar-refractivity contribution in [2.75, 3.05) is 0 Å². The van der Waals surface area contributed by atoms with Crippen LogP contribution in [0.15, 0.2) is 47.5 Å². The number of ether oxygens (including phenoxy) is 1. The van der Waals surface area contributed by atoms with Crippen molar-refractivity contribution in [1.29, 1.82) is 0 Å². The molecule has 0 saturated heterocycles. The van der Waals surface area contributed by atoms with Crippen LogP contribution in [0.4, 0.5) is 0 Å². The lowest BCUT2D eigenvalue weighted by Crippen LogP contribution is -2.55. The molecule has 2 aliphatic rings. The fourth-order valence-corrected chi connectivity index (χ4v) is 4.43. The van der Waals surface area contributed by atoms with E-state index >= 15 is 0 Å². The summed E-state index contributed by atoms with van der Waals surface area (Å²) in [5, 5.41) is 10.7. The van der Waals surface area contributed by atoms with E-state index in [-0.39, 0.29) is 11.1 Å². The number of hydrogen-bond acceptors (Lipinski definition) is 4. The average Bonchev–Trinajstić information content (AvgIpc) is 3.03. The lowest BCUT2D eigenvalue weighted by molar-refractivity contribution is 0.00574. The quantitative estimate of drug-likeness (QED) is 0.657. The highest BCUT2D eigenvalue weighted by Crippen LogP contribution is 2.45. The van der Waals surface area contributed by atoms with Gasteiger partial charge in [-0.25, -0.2) is 4.99 Å². The van der Waals surface area contributed by atoms with Gasteiger partial charge in [0.2, 0.25) is 5.90 Å². The summed E-state index contributed by atoms with van der Waals surface area (Å²) in [6.07, 6.45) is 2.50. The molecule has 1 N–H and O–H groups in total. The minimum atomic E-state index is -2.06. The molecule has 1 aliphatic heterocycles. The summed E-state index contributed by atoms with van der Waals surface area (Å²) >= 11 is 0. The van der Waals surface area contributed by atoms with Gasteiger partial charge in [0.15, 0.2) is 8.32 Å². The normalized spacial score (nSPS) is 32.1. The number of rotatable bonds is 3. The summed E-state index contributed by atoms with van der Waals surface area (Å²) in [5.74, 6) is 0.621. The van der Waals surface area contributed by atoms with E-state index in [9.17, 15) is 5.11 Å². The van der Waals surface area contributed by atoms with Crippen LogP contribution in [-0.4, -0.2) is 43.2 Å². The van der Waals surface area contributed by atoms with Gasteiger partial charge in [0.05, 0.1) is 6.10 Å². The predicted octanol–water partition coefficient (Wildman–Crippen LogP) is 3.91.